The summed E-state index contributed by atoms with van der Waals surface area (Å²) in [6.07, 6.45) is 1.71. The third kappa shape index (κ3) is 4.93. The van der Waals surface area contributed by atoms with E-state index in [4.69, 9.17) is 22.4 Å². The Morgan fingerprint density at radius 3 is 2.55 bits per heavy atom. The van der Waals surface area contributed by atoms with Gasteiger partial charge in [-0.3, -0.25) is 14.5 Å². The Kier molecular flexibility index (Phi) is 6.31. The van der Waals surface area contributed by atoms with Gasteiger partial charge < -0.3 is 15.5 Å². The third-order valence-corrected chi connectivity index (χ3v) is 5.97. The van der Waals surface area contributed by atoms with E-state index >= 15 is 0 Å². The quantitative estimate of drug-likeness (QED) is 0.432. The van der Waals surface area contributed by atoms with Gasteiger partial charge in [0.25, 0.3) is 5.91 Å². The number of carbonyl (C=O) groups excluding carboxylic acids is 2. The molecule has 0 atom stereocenters. The Labute approximate surface area is 189 Å². The number of nitrogens with one attached hydrogen (secondary N) is 1. The standard InChI is InChI=1S/C23H19N3O3S2/c24-13-21(27)25-17-8-6-16(7-9-17)19-11-10-18(29-19)12-20-22(28)26(23(30)31-20)14-15-4-2-1-3-5-15/h1-12H,13-14,24H2,(H,25,27)/b20-12-. The topological polar surface area (TPSA) is 88.6 Å². The van der Waals surface area contributed by atoms with Gasteiger partial charge in [-0.2, -0.15) is 0 Å². The van der Waals surface area contributed by atoms with Crippen molar-refractivity contribution in [3.63, 3.8) is 0 Å². The zero-order valence-corrected chi connectivity index (χ0v) is 18.0. The van der Waals surface area contributed by atoms with E-state index in [0.717, 1.165) is 11.1 Å². The van der Waals surface area contributed by atoms with Gasteiger partial charge in [-0.1, -0.05) is 54.3 Å². The van der Waals surface area contributed by atoms with Crippen molar-refractivity contribution in [2.24, 2.45) is 5.73 Å². The molecular formula is C23H19N3O3S2. The third-order valence-electron chi connectivity index (χ3n) is 4.60. The zero-order valence-electron chi connectivity index (χ0n) is 16.4. The Morgan fingerprint density at radius 1 is 1.10 bits per heavy atom. The molecule has 2 aromatic carbocycles. The van der Waals surface area contributed by atoms with E-state index in [-0.39, 0.29) is 18.4 Å². The van der Waals surface area contributed by atoms with Crippen LogP contribution in [0.15, 0.2) is 76.1 Å². The minimum Gasteiger partial charge on any atom is -0.457 e. The Hall–Kier alpha value is -3.20. The predicted molar refractivity (Wildman–Crippen MR) is 127 cm³/mol. The van der Waals surface area contributed by atoms with Crippen molar-refractivity contribution in [3.8, 4) is 11.3 Å². The van der Waals surface area contributed by atoms with Crippen molar-refractivity contribution in [1.82, 2.24) is 4.90 Å². The lowest BCUT2D eigenvalue weighted by molar-refractivity contribution is -0.122. The second-order valence-corrected chi connectivity index (χ2v) is 8.46. The molecule has 31 heavy (non-hydrogen) atoms. The van der Waals surface area contributed by atoms with Gasteiger partial charge >= 0.3 is 0 Å². The number of carbonyl (C=O) groups is 2. The molecule has 0 radical (unpaired) electrons. The largest absolute Gasteiger partial charge is 0.457 e. The molecule has 3 N–H and O–H groups in total. The van der Waals surface area contributed by atoms with Crippen LogP contribution < -0.4 is 11.1 Å². The summed E-state index contributed by atoms with van der Waals surface area (Å²) in [4.78, 5) is 26.3. The molecule has 1 aromatic heterocycles. The summed E-state index contributed by atoms with van der Waals surface area (Å²) < 4.78 is 6.43. The van der Waals surface area contributed by atoms with E-state index in [1.165, 1.54) is 11.8 Å². The smallest absolute Gasteiger partial charge is 0.266 e. The van der Waals surface area contributed by atoms with E-state index in [0.29, 0.717) is 33.0 Å². The van der Waals surface area contributed by atoms with Crippen LogP contribution in [0.5, 0.6) is 0 Å². The average Bonchev–Trinajstić information content (AvgIpc) is 3.35. The number of hydrogen-bond acceptors (Lipinski definition) is 6. The number of thioether (sulfide) groups is 1. The molecule has 0 saturated carbocycles. The molecule has 0 spiro atoms. The number of anilines is 1. The highest BCUT2D eigenvalue weighted by molar-refractivity contribution is 8.26. The van der Waals surface area contributed by atoms with Crippen LogP contribution in [-0.2, 0) is 16.1 Å². The van der Waals surface area contributed by atoms with Gasteiger partial charge in [0.2, 0.25) is 5.91 Å². The second-order valence-electron chi connectivity index (χ2n) is 6.79. The first-order valence-corrected chi connectivity index (χ1v) is 10.8. The zero-order chi connectivity index (χ0) is 21.8. The highest BCUT2D eigenvalue weighted by Gasteiger charge is 2.32. The van der Waals surface area contributed by atoms with Crippen LogP contribution >= 0.6 is 24.0 Å². The van der Waals surface area contributed by atoms with E-state index < -0.39 is 0 Å². The normalized spacial score (nSPS) is 15.0. The first-order valence-electron chi connectivity index (χ1n) is 9.53. The van der Waals surface area contributed by atoms with E-state index in [2.05, 4.69) is 5.32 Å². The van der Waals surface area contributed by atoms with E-state index in [1.807, 2.05) is 54.6 Å². The van der Waals surface area contributed by atoms with Gasteiger partial charge in [0, 0.05) is 17.3 Å². The molecule has 1 aliphatic heterocycles. The summed E-state index contributed by atoms with van der Waals surface area (Å²) in [5.74, 6) is 0.841. The summed E-state index contributed by atoms with van der Waals surface area (Å²) in [7, 11) is 0. The first kappa shape index (κ1) is 21.0. The molecule has 3 aromatic rings. The number of thiocarbonyl (C=S) groups is 1. The van der Waals surface area contributed by atoms with Crippen molar-refractivity contribution in [1.29, 1.82) is 0 Å². The number of amides is 2. The van der Waals surface area contributed by atoms with Crippen LogP contribution in [0.4, 0.5) is 5.69 Å². The molecule has 0 bridgehead atoms. The number of furan rings is 1. The van der Waals surface area contributed by atoms with Crippen LogP contribution in [0.2, 0.25) is 0 Å². The van der Waals surface area contributed by atoms with Crippen molar-refractivity contribution >= 4 is 51.9 Å². The van der Waals surface area contributed by atoms with Gasteiger partial charge in [-0.15, -0.1) is 0 Å². The maximum absolute atomic E-state index is 12.8. The Morgan fingerprint density at radius 2 is 1.84 bits per heavy atom. The van der Waals surface area contributed by atoms with Crippen molar-refractivity contribution < 1.29 is 14.0 Å². The van der Waals surface area contributed by atoms with Gasteiger partial charge in [0.05, 0.1) is 18.0 Å². The van der Waals surface area contributed by atoms with Gasteiger partial charge in [-0.05, 0) is 42.0 Å². The molecule has 4 rings (SSSR count). The second kappa shape index (κ2) is 9.30. The highest BCUT2D eigenvalue weighted by atomic mass is 32.2. The molecule has 1 aliphatic rings. The molecule has 8 heteroatoms. The highest BCUT2D eigenvalue weighted by Crippen LogP contribution is 2.34. The number of benzene rings is 2. The maximum Gasteiger partial charge on any atom is 0.266 e. The number of nitrogens with two attached hydrogens (primary N) is 1. The fraction of sp³-hybridized carbons (Fsp3) is 0.0870. The predicted octanol–water partition coefficient (Wildman–Crippen LogP) is 4.25. The average molecular weight is 450 g/mol. The maximum atomic E-state index is 12.8. The SMILES string of the molecule is NCC(=O)Nc1ccc(-c2ccc(/C=C3\SC(=S)N(Cc4ccccc4)C3=O)o2)cc1. The lowest BCUT2D eigenvalue weighted by Gasteiger charge is -2.14. The Balaban J connectivity index is 1.47. The minimum absolute atomic E-state index is 0.0685. The van der Waals surface area contributed by atoms with E-state index in [9.17, 15) is 9.59 Å². The van der Waals surface area contributed by atoms with Gasteiger partial charge in [0.15, 0.2) is 0 Å². The van der Waals surface area contributed by atoms with Crippen molar-refractivity contribution in [2.45, 2.75) is 6.54 Å². The van der Waals surface area contributed by atoms with Crippen LogP contribution in [0.3, 0.4) is 0 Å². The molecule has 2 amide bonds. The van der Waals surface area contributed by atoms with Crippen LogP contribution in [0.1, 0.15) is 11.3 Å². The summed E-state index contributed by atoms with van der Waals surface area (Å²) in [6, 6.07) is 20.6. The number of hydrogen-bond donors (Lipinski definition) is 2. The van der Waals surface area contributed by atoms with Crippen LogP contribution in [-0.4, -0.2) is 27.6 Å². The van der Waals surface area contributed by atoms with Gasteiger partial charge in [-0.25, -0.2) is 0 Å². The Bertz CT molecular complexity index is 1150. The first-order chi connectivity index (χ1) is 15.0. The lowest BCUT2D eigenvalue weighted by Crippen LogP contribution is -2.27. The molecule has 1 saturated heterocycles. The van der Waals surface area contributed by atoms with Crippen LogP contribution in [0, 0.1) is 0 Å². The molecule has 2 heterocycles. The summed E-state index contributed by atoms with van der Waals surface area (Å²) in [5, 5.41) is 2.69. The lowest BCUT2D eigenvalue weighted by atomic mass is 10.1. The summed E-state index contributed by atoms with van der Waals surface area (Å²) >= 11 is 6.67. The molecule has 0 aliphatic carbocycles. The molecule has 0 unspecified atom stereocenters. The van der Waals surface area contributed by atoms with Crippen molar-refractivity contribution in [2.75, 3.05) is 11.9 Å². The van der Waals surface area contributed by atoms with Crippen LogP contribution in [0.25, 0.3) is 17.4 Å². The molecule has 6 nitrogen and oxygen atoms in total. The van der Waals surface area contributed by atoms with E-state index in [1.54, 1.807) is 23.1 Å². The summed E-state index contributed by atoms with van der Waals surface area (Å²) in [5.41, 5.74) is 7.84. The number of rotatable bonds is 6. The summed E-state index contributed by atoms with van der Waals surface area (Å²) in [6.45, 7) is 0.375. The van der Waals surface area contributed by atoms with Crippen molar-refractivity contribution in [3.05, 3.63) is 83.0 Å². The monoisotopic (exact) mass is 449 g/mol. The molecule has 156 valence electrons. The molecular weight excluding hydrogens is 430 g/mol. The molecule has 1 fully saturated rings. The minimum atomic E-state index is -0.252. The number of nitrogens with zero attached hydrogens (tertiary/aromatic N) is 1. The fourth-order valence-corrected chi connectivity index (χ4v) is 4.28. The van der Waals surface area contributed by atoms with Gasteiger partial charge in [0.1, 0.15) is 15.8 Å². The fourth-order valence-electron chi connectivity index (χ4n) is 3.05.